The molecule has 0 saturated carbocycles. The maximum atomic E-state index is 11.3. The molecule has 0 fully saturated rings. The van der Waals surface area contributed by atoms with Crippen LogP contribution in [0.25, 0.3) is 10.9 Å². The smallest absolute Gasteiger partial charge is 0.336 e. The summed E-state index contributed by atoms with van der Waals surface area (Å²) in [4.78, 5) is 15.8. The van der Waals surface area contributed by atoms with E-state index in [9.17, 15) is 14.1 Å². The van der Waals surface area contributed by atoms with E-state index in [1.807, 2.05) is 13.0 Å². The second-order valence-electron chi connectivity index (χ2n) is 4.90. The molecular weight excluding hydrogens is 288 g/mol. The number of pyridine rings is 1. The lowest BCUT2D eigenvalue weighted by molar-refractivity contribution is 0.0699. The van der Waals surface area contributed by atoms with E-state index in [0.717, 1.165) is 6.42 Å². The molecule has 5 nitrogen and oxygen atoms in total. The summed E-state index contributed by atoms with van der Waals surface area (Å²) in [5.74, 6) is -0.445. The van der Waals surface area contributed by atoms with Crippen LogP contribution < -0.4 is 5.32 Å². The predicted octanol–water partition coefficient (Wildman–Crippen LogP) is 2.50. The first-order chi connectivity index (χ1) is 9.99. The molecule has 2 rings (SSSR count). The Morgan fingerprint density at radius 2 is 2.14 bits per heavy atom. The Kier molecular flexibility index (Phi) is 4.90. The van der Waals surface area contributed by atoms with Crippen molar-refractivity contribution in [2.75, 3.05) is 18.1 Å². The van der Waals surface area contributed by atoms with Crippen molar-refractivity contribution in [3.63, 3.8) is 0 Å². The summed E-state index contributed by atoms with van der Waals surface area (Å²) in [5, 5.41) is 13.1. The van der Waals surface area contributed by atoms with Gasteiger partial charge in [-0.05, 0) is 18.6 Å². The van der Waals surface area contributed by atoms with Crippen molar-refractivity contribution < 1.29 is 14.1 Å². The average Bonchev–Trinajstić information content (AvgIpc) is 2.46. The molecule has 0 aliphatic carbocycles. The Hall–Kier alpha value is -1.95. The molecule has 2 atom stereocenters. The maximum absolute atomic E-state index is 11.3. The zero-order valence-corrected chi connectivity index (χ0v) is 12.8. The third-order valence-electron chi connectivity index (χ3n) is 3.37. The van der Waals surface area contributed by atoms with Crippen LogP contribution >= 0.6 is 0 Å². The number of hydrogen-bond acceptors (Lipinski definition) is 4. The van der Waals surface area contributed by atoms with Gasteiger partial charge >= 0.3 is 5.97 Å². The van der Waals surface area contributed by atoms with E-state index < -0.39 is 16.8 Å². The van der Waals surface area contributed by atoms with Crippen molar-refractivity contribution in [3.8, 4) is 0 Å². The highest BCUT2D eigenvalue weighted by atomic mass is 32.2. The number of nitrogens with zero attached hydrogens (tertiary/aromatic N) is 1. The van der Waals surface area contributed by atoms with E-state index in [0.29, 0.717) is 23.3 Å². The molecule has 0 aliphatic rings. The lowest BCUT2D eigenvalue weighted by Crippen LogP contribution is -2.15. The summed E-state index contributed by atoms with van der Waals surface area (Å²) in [6, 6.07) is 8.70. The van der Waals surface area contributed by atoms with Crippen molar-refractivity contribution in [2.45, 2.75) is 18.6 Å². The minimum atomic E-state index is -0.973. The summed E-state index contributed by atoms with van der Waals surface area (Å²) < 4.78 is 11.3. The van der Waals surface area contributed by atoms with E-state index in [1.54, 1.807) is 24.5 Å². The van der Waals surface area contributed by atoms with Crippen molar-refractivity contribution in [3.05, 3.63) is 35.9 Å². The number of carboxylic acid groups (broad SMARTS) is 1. The van der Waals surface area contributed by atoms with Crippen LogP contribution in [0.3, 0.4) is 0 Å². The Morgan fingerprint density at radius 1 is 1.43 bits per heavy atom. The van der Waals surface area contributed by atoms with Crippen LogP contribution in [0, 0.1) is 0 Å². The third-order valence-corrected chi connectivity index (χ3v) is 4.74. The monoisotopic (exact) mass is 306 g/mol. The number of rotatable bonds is 6. The molecule has 6 heteroatoms. The highest BCUT2D eigenvalue weighted by molar-refractivity contribution is 7.84. The molecule has 21 heavy (non-hydrogen) atoms. The zero-order chi connectivity index (χ0) is 15.4. The molecule has 1 aromatic carbocycles. The number of anilines is 1. The highest BCUT2D eigenvalue weighted by Gasteiger charge is 2.12. The maximum Gasteiger partial charge on any atom is 0.336 e. The van der Waals surface area contributed by atoms with Gasteiger partial charge in [0.25, 0.3) is 0 Å². The minimum absolute atomic E-state index is 0.0944. The lowest BCUT2D eigenvalue weighted by Gasteiger charge is -2.11. The van der Waals surface area contributed by atoms with E-state index in [1.165, 1.54) is 6.07 Å². The molecular formula is C15H18N2O3S. The molecule has 1 heterocycles. The van der Waals surface area contributed by atoms with Crippen LogP contribution in [0.4, 0.5) is 5.82 Å². The van der Waals surface area contributed by atoms with E-state index in [4.69, 9.17) is 0 Å². The number of carboxylic acids is 1. The first kappa shape index (κ1) is 15.4. The molecule has 2 aromatic rings. The van der Waals surface area contributed by atoms with Gasteiger partial charge < -0.3 is 10.4 Å². The molecule has 0 spiro atoms. The van der Waals surface area contributed by atoms with Gasteiger partial charge in [0.15, 0.2) is 0 Å². The topological polar surface area (TPSA) is 79.3 Å². The number of aromatic nitrogens is 1. The summed E-state index contributed by atoms with van der Waals surface area (Å²) in [6.07, 6.45) is 2.42. The van der Waals surface area contributed by atoms with Crippen LogP contribution in [0.15, 0.2) is 30.3 Å². The highest BCUT2D eigenvalue weighted by Crippen LogP contribution is 2.20. The third kappa shape index (κ3) is 3.78. The number of para-hydroxylation sites is 1. The van der Waals surface area contributed by atoms with E-state index in [2.05, 4.69) is 10.3 Å². The fraction of sp³-hybridized carbons (Fsp3) is 0.333. The predicted molar refractivity (Wildman–Crippen MR) is 85.3 cm³/mol. The largest absolute Gasteiger partial charge is 0.478 e. The Bertz CT molecular complexity index is 688. The number of fused-ring (bicyclic) bond motifs is 1. The first-order valence-electron chi connectivity index (χ1n) is 6.68. The van der Waals surface area contributed by atoms with Crippen molar-refractivity contribution in [2.24, 2.45) is 0 Å². The number of benzene rings is 1. The van der Waals surface area contributed by atoms with Gasteiger partial charge in [-0.3, -0.25) is 4.21 Å². The van der Waals surface area contributed by atoms with Crippen LogP contribution in [0.5, 0.6) is 0 Å². The lowest BCUT2D eigenvalue weighted by atomic mass is 10.1. The van der Waals surface area contributed by atoms with E-state index >= 15 is 0 Å². The van der Waals surface area contributed by atoms with Crippen LogP contribution in [0.2, 0.25) is 0 Å². The van der Waals surface area contributed by atoms with Gasteiger partial charge in [-0.25, -0.2) is 9.78 Å². The molecule has 1 aromatic heterocycles. The van der Waals surface area contributed by atoms with Gasteiger partial charge in [0.2, 0.25) is 0 Å². The molecule has 0 saturated heterocycles. The van der Waals surface area contributed by atoms with Crippen molar-refractivity contribution >= 4 is 33.5 Å². The average molecular weight is 306 g/mol. The van der Waals surface area contributed by atoms with Gasteiger partial charge in [0.05, 0.1) is 11.1 Å². The molecule has 0 amide bonds. The van der Waals surface area contributed by atoms with Crippen molar-refractivity contribution in [1.29, 1.82) is 0 Å². The van der Waals surface area contributed by atoms with Crippen LogP contribution in [-0.4, -0.2) is 38.3 Å². The molecule has 2 N–H and O–H groups in total. The first-order valence-corrected chi connectivity index (χ1v) is 8.30. The van der Waals surface area contributed by atoms with Gasteiger partial charge in [-0.15, -0.1) is 0 Å². The Morgan fingerprint density at radius 3 is 2.81 bits per heavy atom. The fourth-order valence-electron chi connectivity index (χ4n) is 2.01. The second kappa shape index (κ2) is 6.67. The molecule has 0 bridgehead atoms. The number of aromatic carboxylic acids is 1. The number of hydrogen-bond donors (Lipinski definition) is 2. The summed E-state index contributed by atoms with van der Waals surface area (Å²) in [5.41, 5.74) is 0.877. The summed E-state index contributed by atoms with van der Waals surface area (Å²) in [7, 11) is -0.857. The summed E-state index contributed by atoms with van der Waals surface area (Å²) in [6.45, 7) is 2.53. The minimum Gasteiger partial charge on any atom is -0.478 e. The van der Waals surface area contributed by atoms with Crippen LogP contribution in [0.1, 0.15) is 23.7 Å². The molecule has 0 aliphatic heterocycles. The number of nitrogens with one attached hydrogen (secondary N) is 1. The van der Waals surface area contributed by atoms with Gasteiger partial charge in [0, 0.05) is 34.2 Å². The summed E-state index contributed by atoms with van der Waals surface area (Å²) >= 11 is 0. The molecule has 2 unspecified atom stereocenters. The molecule has 112 valence electrons. The Labute approximate surface area is 125 Å². The molecule has 0 radical (unpaired) electrons. The second-order valence-corrected chi connectivity index (χ2v) is 6.70. The van der Waals surface area contributed by atoms with Gasteiger partial charge in [-0.2, -0.15) is 0 Å². The SMILES string of the molecule is CC(CCNc1cc(C(=O)O)c2ccccc2n1)S(C)=O. The van der Waals surface area contributed by atoms with E-state index in [-0.39, 0.29) is 10.8 Å². The normalized spacial score (nSPS) is 13.8. The van der Waals surface area contributed by atoms with Crippen molar-refractivity contribution in [1.82, 2.24) is 4.98 Å². The van der Waals surface area contributed by atoms with Crippen LogP contribution in [-0.2, 0) is 10.8 Å². The number of carbonyl (C=O) groups is 1. The Balaban J connectivity index is 2.21. The van der Waals surface area contributed by atoms with Gasteiger partial charge in [0.1, 0.15) is 5.82 Å². The zero-order valence-electron chi connectivity index (χ0n) is 12.0. The fourth-order valence-corrected chi connectivity index (χ4v) is 2.46. The standard InChI is InChI=1S/C15H18N2O3S/c1-10(21(2)20)7-8-16-14-9-12(15(18)19)11-5-3-4-6-13(11)17-14/h3-6,9-10H,7-8H2,1-2H3,(H,16,17)(H,18,19). The van der Waals surface area contributed by atoms with Gasteiger partial charge in [-0.1, -0.05) is 25.1 Å². The quantitative estimate of drug-likeness (QED) is 0.857.